The van der Waals surface area contributed by atoms with Gasteiger partial charge in [0.2, 0.25) is 11.8 Å². The van der Waals surface area contributed by atoms with E-state index in [0.717, 1.165) is 10.9 Å². The van der Waals surface area contributed by atoms with Crippen LogP contribution in [0.25, 0.3) is 10.9 Å². The topological polar surface area (TPSA) is 88.2 Å². The number of hydrogen-bond donors (Lipinski definition) is 2. The second-order valence-electron chi connectivity index (χ2n) is 5.75. The summed E-state index contributed by atoms with van der Waals surface area (Å²) >= 11 is 5.78. The summed E-state index contributed by atoms with van der Waals surface area (Å²) in [6.45, 7) is 0. The molecular formula is C19H16Cl2N3O3S-. The fourth-order valence-electron chi connectivity index (χ4n) is 2.41. The fourth-order valence-corrected chi connectivity index (χ4v) is 3.37. The van der Waals surface area contributed by atoms with Gasteiger partial charge in [0.25, 0.3) is 0 Å². The summed E-state index contributed by atoms with van der Waals surface area (Å²) < 4.78 is 12.1. The lowest BCUT2D eigenvalue weighted by Gasteiger charge is -2.07. The zero-order valence-electron chi connectivity index (χ0n) is 14.5. The van der Waals surface area contributed by atoms with E-state index in [4.69, 9.17) is 11.6 Å². The van der Waals surface area contributed by atoms with E-state index in [-0.39, 0.29) is 23.9 Å². The Morgan fingerprint density at radius 1 is 0.929 bits per heavy atom. The Kier molecular flexibility index (Phi) is 7.92. The van der Waals surface area contributed by atoms with Crippen molar-refractivity contribution in [3.05, 3.63) is 65.8 Å². The molecule has 3 rings (SSSR count). The van der Waals surface area contributed by atoms with Crippen LogP contribution < -0.4 is 23.0 Å². The third-order valence-corrected chi connectivity index (χ3v) is 5.01. The fraction of sp³-hybridized carbons (Fsp3) is 0.105. The van der Waals surface area contributed by atoms with Gasteiger partial charge in [-0.25, -0.2) is 0 Å². The molecule has 0 bridgehead atoms. The highest BCUT2D eigenvalue weighted by Gasteiger charge is 2.13. The molecule has 0 spiro atoms. The number of aromatic nitrogens is 1. The van der Waals surface area contributed by atoms with Crippen molar-refractivity contribution >= 4 is 56.5 Å². The average Bonchev–Trinajstić information content (AvgIpc) is 2.63. The van der Waals surface area contributed by atoms with Crippen LogP contribution in [0, 0.1) is 0 Å². The monoisotopic (exact) mass is 436 g/mol. The van der Waals surface area contributed by atoms with Crippen LogP contribution in [-0.2, 0) is 20.4 Å². The van der Waals surface area contributed by atoms with E-state index in [2.05, 4.69) is 15.6 Å². The van der Waals surface area contributed by atoms with Gasteiger partial charge < -0.3 is 23.0 Å². The van der Waals surface area contributed by atoms with E-state index in [1.807, 2.05) is 24.3 Å². The summed E-state index contributed by atoms with van der Waals surface area (Å²) in [5.41, 5.74) is 1.88. The Bertz CT molecular complexity index is 1010. The molecule has 0 aliphatic heterocycles. The molecule has 0 fully saturated rings. The van der Waals surface area contributed by atoms with Crippen LogP contribution in [0.5, 0.6) is 0 Å². The minimum absolute atomic E-state index is 0. The molecule has 9 heteroatoms. The van der Waals surface area contributed by atoms with Gasteiger partial charge in [0.1, 0.15) is 11.5 Å². The molecule has 2 aromatic carbocycles. The van der Waals surface area contributed by atoms with Gasteiger partial charge in [0.05, 0.1) is 17.4 Å². The van der Waals surface area contributed by atoms with Crippen LogP contribution in [-0.4, -0.2) is 32.5 Å². The first kappa shape index (κ1) is 21.8. The molecule has 1 atom stereocenters. The van der Waals surface area contributed by atoms with Crippen LogP contribution in [0.3, 0.4) is 0 Å². The van der Waals surface area contributed by atoms with Gasteiger partial charge >= 0.3 is 0 Å². The van der Waals surface area contributed by atoms with E-state index in [1.54, 1.807) is 30.3 Å². The SMILES string of the molecule is O=C(CS(=O)CC(=O)Nc1cnc2ccccc2c1)Nc1ccc(Cl)cc1.[Cl-]. The van der Waals surface area contributed by atoms with Crippen molar-refractivity contribution in [2.24, 2.45) is 0 Å². The number of hydrogen-bond acceptors (Lipinski definition) is 4. The number of rotatable bonds is 6. The minimum Gasteiger partial charge on any atom is -1.00 e. The molecular weight excluding hydrogens is 421 g/mol. The Morgan fingerprint density at radius 3 is 2.21 bits per heavy atom. The summed E-state index contributed by atoms with van der Waals surface area (Å²) in [5.74, 6) is -1.42. The van der Waals surface area contributed by atoms with Crippen LogP contribution in [0.2, 0.25) is 5.02 Å². The summed E-state index contributed by atoms with van der Waals surface area (Å²) in [6, 6.07) is 15.9. The predicted molar refractivity (Wildman–Crippen MR) is 108 cm³/mol. The standard InChI is InChI=1S/C19H16ClN3O3S.ClH/c20-14-5-7-15(8-6-14)22-18(24)11-27(26)12-19(25)23-16-9-13-3-1-2-4-17(13)21-10-16;/h1-10H,11-12H2,(H,22,24)(H,23,25);1H/p-1. The normalized spacial score (nSPS) is 11.3. The molecule has 2 amide bonds. The van der Waals surface area contributed by atoms with Crippen LogP contribution in [0.15, 0.2) is 60.8 Å². The van der Waals surface area contributed by atoms with Crippen molar-refractivity contribution in [1.29, 1.82) is 0 Å². The molecule has 1 aromatic heterocycles. The quantitative estimate of drug-likeness (QED) is 0.578. The molecule has 1 unspecified atom stereocenters. The second-order valence-corrected chi connectivity index (χ2v) is 7.64. The molecule has 0 saturated carbocycles. The predicted octanol–water partition coefficient (Wildman–Crippen LogP) is 0.218. The van der Waals surface area contributed by atoms with E-state index >= 15 is 0 Å². The van der Waals surface area contributed by atoms with Crippen LogP contribution in [0.1, 0.15) is 0 Å². The Labute approximate surface area is 175 Å². The van der Waals surface area contributed by atoms with Gasteiger partial charge in [0, 0.05) is 26.9 Å². The van der Waals surface area contributed by atoms with E-state index in [9.17, 15) is 13.8 Å². The number of anilines is 2. The number of fused-ring (bicyclic) bond motifs is 1. The molecule has 0 aliphatic carbocycles. The maximum atomic E-state index is 12.1. The summed E-state index contributed by atoms with van der Waals surface area (Å²) in [7, 11) is -1.63. The highest BCUT2D eigenvalue weighted by atomic mass is 35.5. The molecule has 146 valence electrons. The first-order chi connectivity index (χ1) is 13.0. The van der Waals surface area contributed by atoms with E-state index < -0.39 is 22.6 Å². The van der Waals surface area contributed by atoms with E-state index in [0.29, 0.717) is 16.4 Å². The smallest absolute Gasteiger partial charge is 0.237 e. The van der Waals surface area contributed by atoms with Gasteiger partial charge in [0.15, 0.2) is 0 Å². The van der Waals surface area contributed by atoms with Gasteiger partial charge in [-0.2, -0.15) is 0 Å². The number of amides is 2. The maximum Gasteiger partial charge on any atom is 0.237 e. The highest BCUT2D eigenvalue weighted by molar-refractivity contribution is 7.86. The van der Waals surface area contributed by atoms with Crippen molar-refractivity contribution in [2.75, 3.05) is 22.1 Å². The molecule has 1 heterocycles. The van der Waals surface area contributed by atoms with Crippen molar-refractivity contribution < 1.29 is 26.2 Å². The van der Waals surface area contributed by atoms with Gasteiger partial charge in [-0.05, 0) is 36.4 Å². The molecule has 2 N–H and O–H groups in total. The van der Waals surface area contributed by atoms with E-state index in [1.165, 1.54) is 6.20 Å². The minimum atomic E-state index is -1.63. The number of nitrogens with zero attached hydrogens (tertiary/aromatic N) is 1. The number of carbonyl (C=O) groups is 2. The van der Waals surface area contributed by atoms with Gasteiger partial charge in [-0.3, -0.25) is 18.8 Å². The molecule has 6 nitrogen and oxygen atoms in total. The molecule has 3 aromatic rings. The lowest BCUT2D eigenvalue weighted by molar-refractivity contribution is -0.114. The summed E-state index contributed by atoms with van der Waals surface area (Å²) in [6.07, 6.45) is 1.54. The zero-order valence-corrected chi connectivity index (χ0v) is 16.9. The first-order valence-corrected chi connectivity index (χ1v) is 9.91. The molecule has 0 aliphatic rings. The van der Waals surface area contributed by atoms with Crippen LogP contribution >= 0.6 is 11.6 Å². The molecule has 0 saturated heterocycles. The largest absolute Gasteiger partial charge is 1.00 e. The van der Waals surface area contributed by atoms with Crippen molar-refractivity contribution in [2.45, 2.75) is 0 Å². The lowest BCUT2D eigenvalue weighted by atomic mass is 10.2. The van der Waals surface area contributed by atoms with Crippen molar-refractivity contribution in [1.82, 2.24) is 4.98 Å². The zero-order chi connectivity index (χ0) is 19.2. The highest BCUT2D eigenvalue weighted by Crippen LogP contribution is 2.16. The van der Waals surface area contributed by atoms with Gasteiger partial charge in [-0.15, -0.1) is 0 Å². The number of halogens is 2. The Balaban J connectivity index is 0.00000280. The van der Waals surface area contributed by atoms with Crippen LogP contribution in [0.4, 0.5) is 11.4 Å². The number of pyridine rings is 1. The third kappa shape index (κ3) is 6.30. The van der Waals surface area contributed by atoms with Crippen molar-refractivity contribution in [3.8, 4) is 0 Å². The van der Waals surface area contributed by atoms with Crippen molar-refractivity contribution in [3.63, 3.8) is 0 Å². The molecule has 0 radical (unpaired) electrons. The Morgan fingerprint density at radius 2 is 1.54 bits per heavy atom. The number of carbonyl (C=O) groups excluding carboxylic acids is 2. The average molecular weight is 437 g/mol. The molecule has 28 heavy (non-hydrogen) atoms. The maximum absolute atomic E-state index is 12.1. The lowest BCUT2D eigenvalue weighted by Crippen LogP contribution is -3.00. The summed E-state index contributed by atoms with van der Waals surface area (Å²) in [5, 5.41) is 6.70. The third-order valence-electron chi connectivity index (χ3n) is 3.59. The summed E-state index contributed by atoms with van der Waals surface area (Å²) in [4.78, 5) is 28.2. The number of nitrogens with one attached hydrogen (secondary N) is 2. The number of para-hydroxylation sites is 1. The first-order valence-electron chi connectivity index (χ1n) is 8.04. The second kappa shape index (κ2) is 10.2. The Hall–Kier alpha value is -2.48. The number of benzene rings is 2. The van der Waals surface area contributed by atoms with Gasteiger partial charge in [-0.1, -0.05) is 29.8 Å².